The van der Waals surface area contributed by atoms with Gasteiger partial charge in [-0.25, -0.2) is 4.79 Å². The molecule has 0 spiro atoms. The number of halogens is 3. The molecule has 1 amide bonds. The van der Waals surface area contributed by atoms with Gasteiger partial charge in [-0.05, 0) is 31.2 Å². The Labute approximate surface area is 112 Å². The molecule has 0 saturated heterocycles. The van der Waals surface area contributed by atoms with E-state index in [9.17, 15) is 22.8 Å². The van der Waals surface area contributed by atoms with Gasteiger partial charge in [0, 0.05) is 6.42 Å². The SMILES string of the molecule is NCCCC(=O)Nc1ccc(C(F)(F)F)cc1C(=O)O. The van der Waals surface area contributed by atoms with Crippen molar-refractivity contribution >= 4 is 17.6 Å². The fourth-order valence-electron chi connectivity index (χ4n) is 1.48. The number of hydrogen-bond acceptors (Lipinski definition) is 3. The van der Waals surface area contributed by atoms with E-state index in [2.05, 4.69) is 5.32 Å². The number of carboxylic acid groups (broad SMARTS) is 1. The zero-order valence-corrected chi connectivity index (χ0v) is 10.3. The van der Waals surface area contributed by atoms with Gasteiger partial charge in [0.1, 0.15) is 0 Å². The Hall–Kier alpha value is -2.09. The van der Waals surface area contributed by atoms with Crippen LogP contribution in [0.25, 0.3) is 0 Å². The van der Waals surface area contributed by atoms with Crippen molar-refractivity contribution < 1.29 is 27.9 Å². The Kier molecular flexibility index (Phi) is 5.09. The predicted molar refractivity (Wildman–Crippen MR) is 65.3 cm³/mol. The van der Waals surface area contributed by atoms with E-state index in [0.29, 0.717) is 18.6 Å². The molecule has 5 nitrogen and oxygen atoms in total. The normalized spacial score (nSPS) is 11.2. The van der Waals surface area contributed by atoms with Gasteiger partial charge in [0.15, 0.2) is 0 Å². The summed E-state index contributed by atoms with van der Waals surface area (Å²) in [7, 11) is 0. The van der Waals surface area contributed by atoms with Crippen LogP contribution in [0.4, 0.5) is 18.9 Å². The molecule has 0 aliphatic carbocycles. The molecule has 1 rings (SSSR count). The van der Waals surface area contributed by atoms with Gasteiger partial charge in [-0.2, -0.15) is 13.2 Å². The van der Waals surface area contributed by atoms with Crippen LogP contribution in [0, 0.1) is 0 Å². The number of aromatic carboxylic acids is 1. The molecule has 0 aromatic heterocycles. The summed E-state index contributed by atoms with van der Waals surface area (Å²) in [5.74, 6) is -2.05. The van der Waals surface area contributed by atoms with E-state index in [1.807, 2.05) is 0 Å². The number of anilines is 1. The number of carbonyl (C=O) groups is 2. The van der Waals surface area contributed by atoms with Crippen LogP contribution >= 0.6 is 0 Å². The molecular weight excluding hydrogens is 277 g/mol. The molecule has 0 saturated carbocycles. The van der Waals surface area contributed by atoms with E-state index in [0.717, 1.165) is 6.07 Å². The predicted octanol–water partition coefficient (Wildman–Crippen LogP) is 2.08. The minimum absolute atomic E-state index is 0.0661. The summed E-state index contributed by atoms with van der Waals surface area (Å²) < 4.78 is 37.5. The van der Waals surface area contributed by atoms with Crippen LogP contribution in [0.5, 0.6) is 0 Å². The second kappa shape index (κ2) is 6.38. The minimum atomic E-state index is -4.65. The smallest absolute Gasteiger partial charge is 0.416 e. The van der Waals surface area contributed by atoms with E-state index in [4.69, 9.17) is 10.8 Å². The Bertz CT molecular complexity index is 515. The molecule has 8 heteroatoms. The third-order valence-corrected chi connectivity index (χ3v) is 2.46. The van der Waals surface area contributed by atoms with Crippen molar-refractivity contribution in [2.24, 2.45) is 5.73 Å². The van der Waals surface area contributed by atoms with E-state index in [-0.39, 0.29) is 18.7 Å². The van der Waals surface area contributed by atoms with Crippen molar-refractivity contribution in [1.82, 2.24) is 0 Å². The number of nitrogens with one attached hydrogen (secondary N) is 1. The highest BCUT2D eigenvalue weighted by atomic mass is 19.4. The molecule has 1 aromatic carbocycles. The lowest BCUT2D eigenvalue weighted by molar-refractivity contribution is -0.137. The first-order chi connectivity index (χ1) is 9.25. The second-order valence-electron chi connectivity index (χ2n) is 4.00. The highest BCUT2D eigenvalue weighted by molar-refractivity contribution is 6.00. The quantitative estimate of drug-likeness (QED) is 0.774. The van der Waals surface area contributed by atoms with Crippen LogP contribution < -0.4 is 11.1 Å². The first kappa shape index (κ1) is 16.0. The number of nitrogens with two attached hydrogens (primary N) is 1. The average Bonchev–Trinajstić information content (AvgIpc) is 2.35. The van der Waals surface area contributed by atoms with Gasteiger partial charge in [0.05, 0.1) is 16.8 Å². The largest absolute Gasteiger partial charge is 0.478 e. The van der Waals surface area contributed by atoms with Crippen LogP contribution in [0.2, 0.25) is 0 Å². The summed E-state index contributed by atoms with van der Waals surface area (Å²) in [6.07, 6.45) is -4.18. The number of carboxylic acids is 1. The van der Waals surface area contributed by atoms with Crippen molar-refractivity contribution in [3.05, 3.63) is 29.3 Å². The van der Waals surface area contributed by atoms with Gasteiger partial charge in [-0.3, -0.25) is 4.79 Å². The zero-order chi connectivity index (χ0) is 15.3. The Morgan fingerprint density at radius 1 is 1.30 bits per heavy atom. The van der Waals surface area contributed by atoms with Crippen LogP contribution in [-0.4, -0.2) is 23.5 Å². The van der Waals surface area contributed by atoms with Crippen molar-refractivity contribution in [2.75, 3.05) is 11.9 Å². The molecule has 4 N–H and O–H groups in total. The number of hydrogen-bond donors (Lipinski definition) is 3. The maximum absolute atomic E-state index is 12.5. The third kappa shape index (κ3) is 4.23. The first-order valence-corrected chi connectivity index (χ1v) is 5.70. The summed E-state index contributed by atoms with van der Waals surface area (Å²) in [4.78, 5) is 22.4. The van der Waals surface area contributed by atoms with Crippen molar-refractivity contribution in [3.8, 4) is 0 Å². The number of rotatable bonds is 5. The van der Waals surface area contributed by atoms with Gasteiger partial charge in [-0.1, -0.05) is 0 Å². The maximum atomic E-state index is 12.5. The van der Waals surface area contributed by atoms with Crippen molar-refractivity contribution in [1.29, 1.82) is 0 Å². The van der Waals surface area contributed by atoms with Gasteiger partial charge >= 0.3 is 12.1 Å². The van der Waals surface area contributed by atoms with Gasteiger partial charge in [0.2, 0.25) is 5.91 Å². The topological polar surface area (TPSA) is 92.4 Å². The monoisotopic (exact) mass is 290 g/mol. The average molecular weight is 290 g/mol. The van der Waals surface area contributed by atoms with Crippen LogP contribution in [-0.2, 0) is 11.0 Å². The molecule has 0 radical (unpaired) electrons. The fourth-order valence-corrected chi connectivity index (χ4v) is 1.48. The molecule has 1 aromatic rings. The highest BCUT2D eigenvalue weighted by Gasteiger charge is 2.31. The molecule has 0 aliphatic rings. The lowest BCUT2D eigenvalue weighted by atomic mass is 10.1. The third-order valence-electron chi connectivity index (χ3n) is 2.46. The van der Waals surface area contributed by atoms with Gasteiger partial charge in [0.25, 0.3) is 0 Å². The van der Waals surface area contributed by atoms with Gasteiger partial charge < -0.3 is 16.2 Å². The highest BCUT2D eigenvalue weighted by Crippen LogP contribution is 2.31. The summed E-state index contributed by atoms with van der Waals surface area (Å²) in [5, 5.41) is 11.2. The molecule has 110 valence electrons. The molecule has 0 atom stereocenters. The molecular formula is C12H13F3N2O3. The summed E-state index contributed by atoms with van der Waals surface area (Å²) >= 11 is 0. The molecule has 0 bridgehead atoms. The van der Waals surface area contributed by atoms with Crippen LogP contribution in [0.3, 0.4) is 0 Å². The van der Waals surface area contributed by atoms with Crippen molar-refractivity contribution in [2.45, 2.75) is 19.0 Å². The lowest BCUT2D eigenvalue weighted by Crippen LogP contribution is -2.17. The van der Waals surface area contributed by atoms with Crippen molar-refractivity contribution in [3.63, 3.8) is 0 Å². The van der Waals surface area contributed by atoms with Crippen LogP contribution in [0.1, 0.15) is 28.8 Å². The second-order valence-corrected chi connectivity index (χ2v) is 4.00. The number of alkyl halides is 3. The number of benzene rings is 1. The summed E-state index contributed by atoms with van der Waals surface area (Å²) in [6.45, 7) is 0.284. The van der Waals surface area contributed by atoms with Crippen LogP contribution in [0.15, 0.2) is 18.2 Å². The standard InChI is InChI=1S/C12H13F3N2O3/c13-12(14,15)7-3-4-9(8(6-7)11(19)20)17-10(18)2-1-5-16/h3-4,6H,1-2,5,16H2,(H,17,18)(H,19,20). The lowest BCUT2D eigenvalue weighted by Gasteiger charge is -2.12. The molecule has 0 fully saturated rings. The minimum Gasteiger partial charge on any atom is -0.478 e. The summed E-state index contributed by atoms with van der Waals surface area (Å²) in [6, 6.07) is 2.12. The Morgan fingerprint density at radius 3 is 2.45 bits per heavy atom. The molecule has 20 heavy (non-hydrogen) atoms. The summed E-state index contributed by atoms with van der Waals surface area (Å²) in [5.41, 5.74) is 3.34. The maximum Gasteiger partial charge on any atom is 0.416 e. The Balaban J connectivity index is 3.02. The first-order valence-electron chi connectivity index (χ1n) is 5.70. The number of carbonyl (C=O) groups excluding carboxylic acids is 1. The van der Waals surface area contributed by atoms with E-state index in [1.54, 1.807) is 0 Å². The number of amides is 1. The Morgan fingerprint density at radius 2 is 1.95 bits per heavy atom. The van der Waals surface area contributed by atoms with E-state index >= 15 is 0 Å². The fraction of sp³-hybridized carbons (Fsp3) is 0.333. The van der Waals surface area contributed by atoms with Gasteiger partial charge in [-0.15, -0.1) is 0 Å². The molecule has 0 aliphatic heterocycles. The zero-order valence-electron chi connectivity index (χ0n) is 10.3. The molecule has 0 heterocycles. The molecule has 0 unspecified atom stereocenters. The van der Waals surface area contributed by atoms with E-state index < -0.39 is 29.2 Å². The van der Waals surface area contributed by atoms with E-state index in [1.165, 1.54) is 0 Å².